The normalized spacial score (nSPS) is 30.0. The second-order valence-corrected chi connectivity index (χ2v) is 14.1. The minimum absolute atomic E-state index is 0.0436. The molecule has 0 radical (unpaired) electrons. The summed E-state index contributed by atoms with van der Waals surface area (Å²) in [5.74, 6) is -1.10. The monoisotopic (exact) mass is 644 g/mol. The van der Waals surface area contributed by atoms with E-state index in [4.69, 9.17) is 19.2 Å². The number of benzene rings is 1. The van der Waals surface area contributed by atoms with E-state index >= 15 is 0 Å². The van der Waals surface area contributed by atoms with E-state index in [2.05, 4.69) is 15.0 Å². The second-order valence-electron chi connectivity index (χ2n) is 14.1. The highest BCUT2D eigenvalue weighted by molar-refractivity contribution is 5.92. The quantitative estimate of drug-likeness (QED) is 0.424. The summed E-state index contributed by atoms with van der Waals surface area (Å²) in [7, 11) is 0. The number of nitrogens with zero attached hydrogens (tertiary/aromatic N) is 3. The molecule has 13 heteroatoms. The highest BCUT2D eigenvalue weighted by Crippen LogP contribution is 2.45. The van der Waals surface area contributed by atoms with Crippen molar-refractivity contribution in [3.63, 3.8) is 0 Å². The molecule has 6 atom stereocenters. The number of ketones is 1. The van der Waals surface area contributed by atoms with Crippen molar-refractivity contribution in [2.75, 3.05) is 6.54 Å². The van der Waals surface area contributed by atoms with E-state index in [1.807, 2.05) is 27.7 Å². The first kappa shape index (κ1) is 32.2. The van der Waals surface area contributed by atoms with Crippen LogP contribution in [-0.2, 0) is 20.7 Å². The third kappa shape index (κ3) is 6.29. The number of hydrogen-bond acceptors (Lipinski definition) is 9. The Balaban J connectivity index is 1.39. The lowest BCUT2D eigenvalue weighted by Gasteiger charge is -2.35. The molecule has 1 N–H and O–H groups in total. The summed E-state index contributed by atoms with van der Waals surface area (Å²) in [5, 5.41) is 2.83. The smallest absolute Gasteiger partial charge is 0.471 e. The van der Waals surface area contributed by atoms with Crippen LogP contribution in [0.1, 0.15) is 85.3 Å². The van der Waals surface area contributed by atoms with Gasteiger partial charge in [-0.1, -0.05) is 40.5 Å². The minimum Gasteiger partial charge on any atom is -0.471 e. The fourth-order valence-corrected chi connectivity index (χ4v) is 7.34. The highest BCUT2D eigenvalue weighted by atomic mass is 19.3. The van der Waals surface area contributed by atoms with Crippen LogP contribution in [0, 0.1) is 17.3 Å². The third-order valence-corrected chi connectivity index (χ3v) is 9.71. The molecule has 1 aliphatic carbocycles. The van der Waals surface area contributed by atoms with Gasteiger partial charge in [0.2, 0.25) is 17.5 Å². The molecule has 2 aromatic rings. The lowest BCUT2D eigenvalue weighted by molar-refractivity contribution is -0.286. The number of ether oxygens (including phenoxy) is 4. The molecule has 2 amide bonds. The number of rotatable bonds is 1. The van der Waals surface area contributed by atoms with Crippen molar-refractivity contribution in [1.82, 2.24) is 20.2 Å². The summed E-state index contributed by atoms with van der Waals surface area (Å²) < 4.78 is 49.8. The number of carbonyl (C=O) groups excluding carboxylic acids is 3. The molecule has 2 bridgehead atoms. The number of aryl methyl sites for hydroxylation is 1. The first-order valence-corrected chi connectivity index (χ1v) is 16.3. The van der Waals surface area contributed by atoms with Gasteiger partial charge in [0.15, 0.2) is 11.5 Å². The summed E-state index contributed by atoms with van der Waals surface area (Å²) >= 11 is 0. The number of amides is 2. The van der Waals surface area contributed by atoms with Crippen LogP contribution in [0.3, 0.4) is 0 Å². The molecular formula is C33H42F2N4O7. The van der Waals surface area contributed by atoms with Crippen LogP contribution >= 0.6 is 0 Å². The molecule has 250 valence electrons. The molecule has 2 fully saturated rings. The number of nitrogens with one attached hydrogen (secondary N) is 1. The molecule has 11 nitrogen and oxygen atoms in total. The topological polar surface area (TPSA) is 129 Å². The Kier molecular flexibility index (Phi) is 8.47. The van der Waals surface area contributed by atoms with Crippen LogP contribution < -0.4 is 19.5 Å². The molecule has 0 spiro atoms. The van der Waals surface area contributed by atoms with Crippen molar-refractivity contribution < 1.29 is 42.1 Å². The number of halogens is 2. The molecule has 46 heavy (non-hydrogen) atoms. The first-order chi connectivity index (χ1) is 21.7. The maximum Gasteiger partial charge on any atom is 0.586 e. The number of aromatic nitrogens is 2. The van der Waals surface area contributed by atoms with Crippen molar-refractivity contribution >= 4 is 28.8 Å². The van der Waals surface area contributed by atoms with Crippen LogP contribution in [0.25, 0.3) is 11.0 Å². The zero-order valence-corrected chi connectivity index (χ0v) is 26.9. The number of hydrogen-bond donors (Lipinski definition) is 1. The molecule has 4 heterocycles. The van der Waals surface area contributed by atoms with Crippen molar-refractivity contribution in [3.05, 3.63) is 17.8 Å². The average Bonchev–Trinajstić information content (AvgIpc) is 3.64. The van der Waals surface area contributed by atoms with E-state index in [-0.39, 0.29) is 47.2 Å². The summed E-state index contributed by atoms with van der Waals surface area (Å²) in [6.45, 7) is 8.84. The maximum atomic E-state index is 14.2. The molecule has 1 aromatic heterocycles. The predicted octanol–water partition coefficient (Wildman–Crippen LogP) is 5.56. The van der Waals surface area contributed by atoms with Gasteiger partial charge < -0.3 is 29.2 Å². The largest absolute Gasteiger partial charge is 0.586 e. The molecule has 1 saturated heterocycles. The summed E-state index contributed by atoms with van der Waals surface area (Å²) in [5.41, 5.74) is 0.284. The Morgan fingerprint density at radius 2 is 1.76 bits per heavy atom. The predicted molar refractivity (Wildman–Crippen MR) is 162 cm³/mol. The lowest BCUT2D eigenvalue weighted by atomic mass is 9.85. The Hall–Kier alpha value is -3.77. The van der Waals surface area contributed by atoms with Crippen molar-refractivity contribution in [1.29, 1.82) is 0 Å². The van der Waals surface area contributed by atoms with Gasteiger partial charge in [-0.25, -0.2) is 14.8 Å². The Bertz CT molecular complexity index is 1530. The van der Waals surface area contributed by atoms with E-state index < -0.39 is 47.8 Å². The van der Waals surface area contributed by atoms with Crippen molar-refractivity contribution in [2.45, 2.75) is 117 Å². The Morgan fingerprint density at radius 1 is 1.00 bits per heavy atom. The highest BCUT2D eigenvalue weighted by Gasteiger charge is 2.50. The van der Waals surface area contributed by atoms with Crippen molar-refractivity contribution in [3.8, 4) is 17.4 Å². The Labute approximate surface area is 266 Å². The van der Waals surface area contributed by atoms with E-state index in [0.717, 1.165) is 44.9 Å². The Morgan fingerprint density at radius 3 is 2.50 bits per heavy atom. The second kappa shape index (κ2) is 12.1. The van der Waals surface area contributed by atoms with Gasteiger partial charge in [-0.2, -0.15) is 0 Å². The van der Waals surface area contributed by atoms with Crippen LogP contribution in [-0.4, -0.2) is 69.8 Å². The van der Waals surface area contributed by atoms with Gasteiger partial charge in [0.25, 0.3) is 0 Å². The summed E-state index contributed by atoms with van der Waals surface area (Å²) in [6.07, 6.45) is 1.35. The van der Waals surface area contributed by atoms with Gasteiger partial charge >= 0.3 is 12.4 Å². The van der Waals surface area contributed by atoms with Gasteiger partial charge in [0.05, 0.1) is 18.1 Å². The first-order valence-electron chi connectivity index (χ1n) is 16.3. The van der Waals surface area contributed by atoms with Crippen molar-refractivity contribution in [2.24, 2.45) is 17.3 Å². The van der Waals surface area contributed by atoms with E-state index in [9.17, 15) is 23.2 Å². The number of Topliss-reactive ketones (excluding diaryl/α,β-unsaturated/α-hetero) is 1. The molecular weight excluding hydrogens is 602 g/mol. The molecule has 1 saturated carbocycles. The standard InChI is InChI=1S/C33H42F2N4O7/c1-17-24-16-39(26(17)18(2)40)30(41)28(32(3,4)5)38-31(42)44-22-13-9-11-19(22)10-7-6-8-12-21-29(43-24)37-25-20(36-21)14-15-23-27(25)46-33(34,35)45-23/h14-15,17,19,22,24,26,28H,6-13,16H2,1-5H3,(H,38,42)/t17?,19-,22-,24+,26+,28-/m1/s1. The van der Waals surface area contributed by atoms with Gasteiger partial charge in [-0.05, 0) is 68.9 Å². The van der Waals surface area contributed by atoms with Gasteiger partial charge in [-0.15, -0.1) is 8.78 Å². The fourth-order valence-electron chi connectivity index (χ4n) is 7.34. The van der Waals surface area contributed by atoms with Gasteiger partial charge in [0, 0.05) is 5.92 Å². The molecule has 1 aromatic carbocycles. The number of fused-ring (bicyclic) bond motifs is 7. The van der Waals surface area contributed by atoms with E-state index in [0.29, 0.717) is 17.6 Å². The summed E-state index contributed by atoms with van der Waals surface area (Å²) in [6, 6.07) is 1.15. The molecule has 4 aliphatic rings. The van der Waals surface area contributed by atoms with Crippen LogP contribution in [0.4, 0.5) is 13.6 Å². The number of carbonyl (C=O) groups is 3. The number of alkyl halides is 2. The number of alkyl carbamates (subject to hydrolysis) is 1. The summed E-state index contributed by atoms with van der Waals surface area (Å²) in [4.78, 5) is 51.3. The molecule has 3 aliphatic heterocycles. The molecule has 6 rings (SSSR count). The fraction of sp³-hybridized carbons (Fsp3) is 0.667. The SMILES string of the molecule is CC(=O)[C@@H]1C(C)[C@@H]2CN1C(=O)[C@H](C(C)(C)C)NC(=O)O[C@@H]1CCC[C@H]1CCCCCc1nc3ccc4c(c3nc1O2)OC(F)(F)O4. The van der Waals surface area contributed by atoms with Crippen LogP contribution in [0.2, 0.25) is 0 Å². The maximum absolute atomic E-state index is 14.2. The lowest BCUT2D eigenvalue weighted by Crippen LogP contribution is -2.57. The van der Waals surface area contributed by atoms with Gasteiger partial charge in [-0.3, -0.25) is 9.59 Å². The zero-order valence-electron chi connectivity index (χ0n) is 26.9. The van der Waals surface area contributed by atoms with E-state index in [1.54, 1.807) is 6.07 Å². The van der Waals surface area contributed by atoms with Crippen LogP contribution in [0.5, 0.6) is 17.4 Å². The zero-order chi connectivity index (χ0) is 33.0. The minimum atomic E-state index is -3.83. The van der Waals surface area contributed by atoms with E-state index in [1.165, 1.54) is 17.9 Å². The van der Waals surface area contributed by atoms with Gasteiger partial charge in [0.1, 0.15) is 29.5 Å². The average molecular weight is 645 g/mol. The molecule has 1 unspecified atom stereocenters. The van der Waals surface area contributed by atoms with Crippen LogP contribution in [0.15, 0.2) is 12.1 Å². The third-order valence-electron chi connectivity index (χ3n) is 9.71.